The van der Waals surface area contributed by atoms with Crippen molar-refractivity contribution in [3.8, 4) is 5.75 Å². The van der Waals surface area contributed by atoms with Crippen LogP contribution in [-0.2, 0) is 4.79 Å². The molecule has 88 valence electrons. The van der Waals surface area contributed by atoms with Crippen molar-refractivity contribution in [2.45, 2.75) is 19.4 Å². The second kappa shape index (κ2) is 4.49. The fourth-order valence-corrected chi connectivity index (χ4v) is 1.01. The van der Waals surface area contributed by atoms with Crippen molar-refractivity contribution in [3.63, 3.8) is 0 Å². The third kappa shape index (κ3) is 2.93. The van der Waals surface area contributed by atoms with Crippen LogP contribution >= 0.6 is 0 Å². The van der Waals surface area contributed by atoms with Gasteiger partial charge in [0.1, 0.15) is 23.7 Å². The highest BCUT2D eigenvalue weighted by molar-refractivity contribution is 5.84. The number of hydrogen-bond acceptors (Lipinski definition) is 3. The number of ether oxygens (including phenoxy) is 1. The SMILES string of the molecule is Cc1cc(OCC(C)(N)C(N)=O)ccc1F. The lowest BCUT2D eigenvalue weighted by Crippen LogP contribution is -2.53. The fraction of sp³-hybridized carbons (Fsp3) is 0.364. The van der Waals surface area contributed by atoms with Crippen LogP contribution < -0.4 is 16.2 Å². The van der Waals surface area contributed by atoms with Crippen LogP contribution in [0.15, 0.2) is 18.2 Å². The Kier molecular flexibility index (Phi) is 3.49. The maximum atomic E-state index is 12.9. The molecule has 0 aliphatic rings. The molecule has 5 heteroatoms. The number of nitrogens with two attached hydrogens (primary N) is 2. The number of primary amides is 1. The molecular formula is C11H15FN2O2. The Morgan fingerprint density at radius 2 is 2.19 bits per heavy atom. The molecule has 0 aliphatic carbocycles. The van der Waals surface area contributed by atoms with Crippen molar-refractivity contribution >= 4 is 5.91 Å². The van der Waals surface area contributed by atoms with Crippen molar-refractivity contribution in [1.82, 2.24) is 0 Å². The lowest BCUT2D eigenvalue weighted by Gasteiger charge is -2.20. The molecule has 0 radical (unpaired) electrons. The Hall–Kier alpha value is -1.62. The molecule has 0 aliphatic heterocycles. The van der Waals surface area contributed by atoms with Gasteiger partial charge in [0.25, 0.3) is 0 Å². The number of carbonyl (C=O) groups excluding carboxylic acids is 1. The summed E-state index contributed by atoms with van der Waals surface area (Å²) in [7, 11) is 0. The van der Waals surface area contributed by atoms with E-state index in [9.17, 15) is 9.18 Å². The van der Waals surface area contributed by atoms with Crippen LogP contribution in [0, 0.1) is 12.7 Å². The minimum Gasteiger partial charge on any atom is -0.491 e. The molecule has 0 aromatic heterocycles. The van der Waals surface area contributed by atoms with Gasteiger partial charge in [-0.25, -0.2) is 4.39 Å². The number of benzene rings is 1. The van der Waals surface area contributed by atoms with Crippen LogP contribution in [0.2, 0.25) is 0 Å². The van der Waals surface area contributed by atoms with Crippen molar-refractivity contribution in [3.05, 3.63) is 29.6 Å². The predicted molar refractivity (Wildman–Crippen MR) is 58.4 cm³/mol. The second-order valence-electron chi connectivity index (χ2n) is 3.98. The summed E-state index contributed by atoms with van der Waals surface area (Å²) in [5, 5.41) is 0. The largest absolute Gasteiger partial charge is 0.491 e. The van der Waals surface area contributed by atoms with Crippen LogP contribution in [0.1, 0.15) is 12.5 Å². The first kappa shape index (κ1) is 12.4. The summed E-state index contributed by atoms with van der Waals surface area (Å²) < 4.78 is 18.2. The minimum atomic E-state index is -1.23. The van der Waals surface area contributed by atoms with Gasteiger partial charge in [0.2, 0.25) is 5.91 Å². The van der Waals surface area contributed by atoms with Gasteiger partial charge in [-0.05, 0) is 37.6 Å². The number of rotatable bonds is 4. The van der Waals surface area contributed by atoms with Gasteiger partial charge in [0.05, 0.1) is 0 Å². The van der Waals surface area contributed by atoms with E-state index in [4.69, 9.17) is 16.2 Å². The standard InChI is InChI=1S/C11H15FN2O2/c1-7-5-8(3-4-9(7)12)16-6-11(2,14)10(13)15/h3-5H,6,14H2,1-2H3,(H2,13,15). The Bertz CT molecular complexity index is 405. The Balaban J connectivity index is 2.68. The number of halogens is 1. The van der Waals surface area contributed by atoms with Gasteiger partial charge in [-0.3, -0.25) is 4.79 Å². The monoisotopic (exact) mass is 226 g/mol. The van der Waals surface area contributed by atoms with E-state index in [1.54, 1.807) is 6.92 Å². The van der Waals surface area contributed by atoms with E-state index in [1.807, 2.05) is 0 Å². The molecule has 1 aromatic rings. The highest BCUT2D eigenvalue weighted by Crippen LogP contribution is 2.16. The van der Waals surface area contributed by atoms with E-state index in [-0.39, 0.29) is 12.4 Å². The molecule has 0 heterocycles. The molecule has 0 saturated heterocycles. The van der Waals surface area contributed by atoms with E-state index in [0.717, 1.165) is 0 Å². The third-order valence-electron chi connectivity index (χ3n) is 2.23. The van der Waals surface area contributed by atoms with Crippen LogP contribution in [0.5, 0.6) is 5.75 Å². The van der Waals surface area contributed by atoms with E-state index < -0.39 is 11.4 Å². The van der Waals surface area contributed by atoms with Crippen LogP contribution in [0.4, 0.5) is 4.39 Å². The zero-order chi connectivity index (χ0) is 12.3. The Morgan fingerprint density at radius 1 is 1.56 bits per heavy atom. The summed E-state index contributed by atoms with van der Waals surface area (Å²) in [6, 6.07) is 4.30. The topological polar surface area (TPSA) is 78.3 Å². The lowest BCUT2D eigenvalue weighted by molar-refractivity contribution is -0.123. The zero-order valence-corrected chi connectivity index (χ0v) is 9.29. The molecule has 16 heavy (non-hydrogen) atoms. The van der Waals surface area contributed by atoms with E-state index in [0.29, 0.717) is 11.3 Å². The molecular weight excluding hydrogens is 211 g/mol. The van der Waals surface area contributed by atoms with Crippen molar-refractivity contribution in [2.24, 2.45) is 11.5 Å². The molecule has 1 aromatic carbocycles. The number of hydrogen-bond donors (Lipinski definition) is 2. The molecule has 1 amide bonds. The lowest BCUT2D eigenvalue weighted by atomic mass is 10.1. The minimum absolute atomic E-state index is 0.0482. The summed E-state index contributed by atoms with van der Waals surface area (Å²) in [5.74, 6) is -0.499. The zero-order valence-electron chi connectivity index (χ0n) is 9.29. The first-order chi connectivity index (χ1) is 7.33. The first-order valence-electron chi connectivity index (χ1n) is 4.80. The normalized spacial score (nSPS) is 14.2. The van der Waals surface area contributed by atoms with Gasteiger partial charge in [0, 0.05) is 0 Å². The molecule has 0 saturated carbocycles. The molecule has 1 unspecified atom stereocenters. The molecule has 0 spiro atoms. The smallest absolute Gasteiger partial charge is 0.240 e. The number of amides is 1. The number of carbonyl (C=O) groups is 1. The number of aryl methyl sites for hydroxylation is 1. The summed E-state index contributed by atoms with van der Waals surface area (Å²) >= 11 is 0. The molecule has 4 nitrogen and oxygen atoms in total. The first-order valence-corrected chi connectivity index (χ1v) is 4.80. The van der Waals surface area contributed by atoms with E-state index in [2.05, 4.69) is 0 Å². The van der Waals surface area contributed by atoms with Crippen LogP contribution in [0.25, 0.3) is 0 Å². The van der Waals surface area contributed by atoms with Crippen LogP contribution in [0.3, 0.4) is 0 Å². The predicted octanol–water partition coefficient (Wildman–Crippen LogP) is 0.716. The second-order valence-corrected chi connectivity index (χ2v) is 3.98. The van der Waals surface area contributed by atoms with Gasteiger partial charge in [0.15, 0.2) is 0 Å². The fourth-order valence-electron chi connectivity index (χ4n) is 1.01. The van der Waals surface area contributed by atoms with Gasteiger partial charge in [-0.1, -0.05) is 0 Å². The Labute approximate surface area is 93.4 Å². The highest BCUT2D eigenvalue weighted by Gasteiger charge is 2.26. The molecule has 1 rings (SSSR count). The Morgan fingerprint density at radius 3 is 2.69 bits per heavy atom. The average molecular weight is 226 g/mol. The summed E-state index contributed by atoms with van der Waals surface area (Å²) in [5.41, 5.74) is 9.92. The average Bonchev–Trinajstić information content (AvgIpc) is 2.20. The van der Waals surface area contributed by atoms with E-state index in [1.165, 1.54) is 25.1 Å². The maximum absolute atomic E-state index is 12.9. The van der Waals surface area contributed by atoms with Crippen molar-refractivity contribution in [2.75, 3.05) is 6.61 Å². The van der Waals surface area contributed by atoms with Gasteiger partial charge < -0.3 is 16.2 Å². The quantitative estimate of drug-likeness (QED) is 0.793. The van der Waals surface area contributed by atoms with Gasteiger partial charge >= 0.3 is 0 Å². The maximum Gasteiger partial charge on any atom is 0.240 e. The highest BCUT2D eigenvalue weighted by atomic mass is 19.1. The summed E-state index contributed by atoms with van der Waals surface area (Å²) in [6.45, 7) is 3.05. The summed E-state index contributed by atoms with van der Waals surface area (Å²) in [6.07, 6.45) is 0. The molecule has 4 N–H and O–H groups in total. The van der Waals surface area contributed by atoms with Crippen molar-refractivity contribution < 1.29 is 13.9 Å². The molecule has 1 atom stereocenters. The third-order valence-corrected chi connectivity index (χ3v) is 2.23. The van der Waals surface area contributed by atoms with Gasteiger partial charge in [-0.15, -0.1) is 0 Å². The molecule has 0 bridgehead atoms. The van der Waals surface area contributed by atoms with Gasteiger partial charge in [-0.2, -0.15) is 0 Å². The van der Waals surface area contributed by atoms with Crippen molar-refractivity contribution in [1.29, 1.82) is 0 Å². The van der Waals surface area contributed by atoms with Crippen LogP contribution in [-0.4, -0.2) is 18.1 Å². The summed E-state index contributed by atoms with van der Waals surface area (Å²) in [4.78, 5) is 10.9. The molecule has 0 fully saturated rings. The van der Waals surface area contributed by atoms with E-state index >= 15 is 0 Å².